The minimum atomic E-state index is -0.951. The molecule has 2 aromatic carbocycles. The van der Waals surface area contributed by atoms with Crippen molar-refractivity contribution < 1.29 is 18.7 Å². The predicted molar refractivity (Wildman–Crippen MR) is 141 cm³/mol. The summed E-state index contributed by atoms with van der Waals surface area (Å²) in [5, 5.41) is 17.3. The summed E-state index contributed by atoms with van der Waals surface area (Å²) in [6, 6.07) is 11.2. The van der Waals surface area contributed by atoms with E-state index in [4.69, 9.17) is 0 Å². The van der Waals surface area contributed by atoms with Crippen LogP contribution < -0.4 is 10.6 Å². The fraction of sp³-hybridized carbons (Fsp3) is 0.400. The number of pyridine rings is 1. The number of fused-ring (bicyclic) bond motifs is 1. The molecule has 5 nitrogen and oxygen atoms in total. The molecule has 0 bridgehead atoms. The number of hydrogen-bond acceptors (Lipinski definition) is 4. The van der Waals surface area contributed by atoms with Crippen molar-refractivity contribution in [3.05, 3.63) is 88.1 Å². The van der Waals surface area contributed by atoms with E-state index in [-0.39, 0.29) is 24.9 Å². The van der Waals surface area contributed by atoms with E-state index >= 15 is 0 Å². The van der Waals surface area contributed by atoms with Gasteiger partial charge >= 0.3 is 0 Å². The smallest absolute Gasteiger partial charge is 0.217 e. The van der Waals surface area contributed by atoms with Gasteiger partial charge in [0.05, 0.1) is 17.8 Å². The van der Waals surface area contributed by atoms with Crippen LogP contribution in [-0.4, -0.2) is 34.7 Å². The number of aromatic nitrogens is 1. The average Bonchev–Trinajstić information content (AvgIpc) is 2.85. The molecule has 0 radical (unpaired) electrons. The van der Waals surface area contributed by atoms with Gasteiger partial charge in [0, 0.05) is 37.3 Å². The van der Waals surface area contributed by atoms with Crippen molar-refractivity contribution in [3.8, 4) is 11.3 Å². The van der Waals surface area contributed by atoms with Crippen molar-refractivity contribution in [1.82, 2.24) is 15.6 Å². The lowest BCUT2D eigenvalue weighted by Gasteiger charge is -2.31. The second kappa shape index (κ2) is 11.9. The highest BCUT2D eigenvalue weighted by atomic mass is 19.1. The second-order valence-corrected chi connectivity index (χ2v) is 9.99. The van der Waals surface area contributed by atoms with Crippen molar-refractivity contribution in [2.75, 3.05) is 6.54 Å². The Morgan fingerprint density at radius 2 is 1.89 bits per heavy atom. The molecular formula is C30H35F2N3O2. The van der Waals surface area contributed by atoms with E-state index in [0.29, 0.717) is 5.56 Å². The summed E-state index contributed by atoms with van der Waals surface area (Å²) in [6.07, 6.45) is 4.79. The number of hydrogen-bond donors (Lipinski definition) is 3. The molecule has 1 heterocycles. The van der Waals surface area contributed by atoms with Gasteiger partial charge in [-0.15, -0.1) is 0 Å². The Morgan fingerprint density at radius 1 is 1.14 bits per heavy atom. The fourth-order valence-electron chi connectivity index (χ4n) is 5.25. The molecule has 3 aromatic rings. The maximum atomic E-state index is 13.7. The van der Waals surface area contributed by atoms with E-state index in [0.717, 1.165) is 48.6 Å². The van der Waals surface area contributed by atoms with E-state index in [1.54, 1.807) is 0 Å². The van der Waals surface area contributed by atoms with E-state index < -0.39 is 23.8 Å². The first-order valence-corrected chi connectivity index (χ1v) is 13.0. The summed E-state index contributed by atoms with van der Waals surface area (Å²) in [5.74, 6) is -1.69. The third kappa shape index (κ3) is 6.79. The molecule has 1 aliphatic carbocycles. The normalized spacial score (nSPS) is 16.6. The first kappa shape index (κ1) is 26.9. The summed E-state index contributed by atoms with van der Waals surface area (Å²) < 4.78 is 27.4. The molecule has 7 heteroatoms. The average molecular weight is 508 g/mol. The maximum Gasteiger partial charge on any atom is 0.217 e. The van der Waals surface area contributed by atoms with Crippen LogP contribution >= 0.6 is 0 Å². The molecule has 3 atom stereocenters. The predicted octanol–water partition coefficient (Wildman–Crippen LogP) is 4.97. The van der Waals surface area contributed by atoms with Crippen LogP contribution in [0.2, 0.25) is 0 Å². The van der Waals surface area contributed by atoms with E-state index in [1.165, 1.54) is 35.7 Å². The van der Waals surface area contributed by atoms with Gasteiger partial charge in [0.15, 0.2) is 0 Å². The van der Waals surface area contributed by atoms with Crippen LogP contribution in [0, 0.1) is 18.6 Å². The van der Waals surface area contributed by atoms with Crippen LogP contribution in [0.25, 0.3) is 11.3 Å². The summed E-state index contributed by atoms with van der Waals surface area (Å²) in [5.41, 5.74) is 7.41. The molecule has 0 saturated carbocycles. The van der Waals surface area contributed by atoms with Crippen molar-refractivity contribution >= 4 is 5.91 Å². The number of rotatable bonds is 9. The lowest BCUT2D eigenvalue weighted by molar-refractivity contribution is -0.120. The van der Waals surface area contributed by atoms with Crippen LogP contribution in [0.5, 0.6) is 0 Å². The van der Waals surface area contributed by atoms with Crippen LogP contribution in [-0.2, 0) is 24.1 Å². The van der Waals surface area contributed by atoms with Crippen molar-refractivity contribution in [2.24, 2.45) is 0 Å². The van der Waals surface area contributed by atoms with Gasteiger partial charge in [-0.05, 0) is 97.2 Å². The highest BCUT2D eigenvalue weighted by Crippen LogP contribution is 2.37. The minimum Gasteiger partial charge on any atom is -0.390 e. The molecule has 196 valence electrons. The highest BCUT2D eigenvalue weighted by Gasteiger charge is 2.27. The van der Waals surface area contributed by atoms with Gasteiger partial charge in [-0.1, -0.05) is 13.0 Å². The van der Waals surface area contributed by atoms with Gasteiger partial charge in [-0.2, -0.15) is 0 Å². The zero-order chi connectivity index (χ0) is 26.5. The first-order valence-electron chi connectivity index (χ1n) is 13.0. The SMILES string of the molecule is CCc1cc(-c2cc(C)ccn2)c2c(c1)C(NCC(O)C(Cc1cc(F)cc(F)c1)NC(C)=O)CCC2. The Bertz CT molecular complexity index is 1240. The van der Waals surface area contributed by atoms with Crippen LogP contribution in [0.4, 0.5) is 8.78 Å². The molecule has 1 amide bonds. The van der Waals surface area contributed by atoms with Crippen molar-refractivity contribution in [1.29, 1.82) is 0 Å². The number of aryl methyl sites for hydroxylation is 2. The second-order valence-electron chi connectivity index (χ2n) is 9.99. The van der Waals surface area contributed by atoms with Gasteiger partial charge < -0.3 is 15.7 Å². The number of nitrogens with one attached hydrogen (secondary N) is 2. The summed E-state index contributed by atoms with van der Waals surface area (Å²) in [6.45, 7) is 5.79. The molecule has 1 aliphatic rings. The molecule has 3 unspecified atom stereocenters. The van der Waals surface area contributed by atoms with Gasteiger partial charge in [-0.25, -0.2) is 8.78 Å². The Balaban J connectivity index is 1.55. The van der Waals surface area contributed by atoms with E-state index in [9.17, 15) is 18.7 Å². The molecule has 4 rings (SSSR count). The van der Waals surface area contributed by atoms with Crippen molar-refractivity contribution in [2.45, 2.75) is 71.1 Å². The number of benzene rings is 2. The standard InChI is InChI=1S/C30H35F2N3O2/c1-4-20-13-25-24(26(14-20)28-10-18(2)8-9-33-28)6-5-7-27(25)34-17-30(37)29(35-19(3)36)15-21-11-22(31)16-23(32)12-21/h8-14,16,27,29-30,34,37H,4-7,15,17H2,1-3H3,(H,35,36). The molecular weight excluding hydrogens is 472 g/mol. The van der Waals surface area contributed by atoms with Gasteiger partial charge in [0.1, 0.15) is 11.6 Å². The largest absolute Gasteiger partial charge is 0.390 e. The molecule has 0 spiro atoms. The Kier molecular flexibility index (Phi) is 8.67. The molecule has 1 aromatic heterocycles. The first-order chi connectivity index (χ1) is 17.7. The number of nitrogens with zero attached hydrogens (tertiary/aromatic N) is 1. The summed E-state index contributed by atoms with van der Waals surface area (Å²) in [7, 11) is 0. The molecule has 37 heavy (non-hydrogen) atoms. The monoisotopic (exact) mass is 507 g/mol. The molecule has 0 aliphatic heterocycles. The summed E-state index contributed by atoms with van der Waals surface area (Å²) >= 11 is 0. The Morgan fingerprint density at radius 3 is 2.57 bits per heavy atom. The third-order valence-corrected chi connectivity index (χ3v) is 7.04. The number of carbonyl (C=O) groups excluding carboxylic acids is 1. The van der Waals surface area contributed by atoms with Gasteiger partial charge in [0.2, 0.25) is 5.91 Å². The minimum absolute atomic E-state index is 0.0399. The van der Waals surface area contributed by atoms with Crippen LogP contribution in [0.15, 0.2) is 48.7 Å². The molecule has 3 N–H and O–H groups in total. The Hall–Kier alpha value is -3.16. The lowest BCUT2D eigenvalue weighted by Crippen LogP contribution is -2.48. The maximum absolute atomic E-state index is 13.7. The van der Waals surface area contributed by atoms with Gasteiger partial charge in [-0.3, -0.25) is 9.78 Å². The third-order valence-electron chi connectivity index (χ3n) is 7.04. The van der Waals surface area contributed by atoms with Gasteiger partial charge in [0.25, 0.3) is 0 Å². The fourth-order valence-corrected chi connectivity index (χ4v) is 5.25. The van der Waals surface area contributed by atoms with Crippen molar-refractivity contribution in [3.63, 3.8) is 0 Å². The lowest BCUT2D eigenvalue weighted by atomic mass is 9.82. The van der Waals surface area contributed by atoms with Crippen LogP contribution in [0.1, 0.15) is 60.5 Å². The van der Waals surface area contributed by atoms with E-state index in [1.807, 2.05) is 12.3 Å². The number of amides is 1. The molecule has 0 saturated heterocycles. The quantitative estimate of drug-likeness (QED) is 0.382. The Labute approximate surface area is 217 Å². The van der Waals surface area contributed by atoms with E-state index in [2.05, 4.69) is 47.7 Å². The number of halogens is 2. The molecule has 0 fully saturated rings. The topological polar surface area (TPSA) is 74.2 Å². The van der Waals surface area contributed by atoms with Crippen LogP contribution in [0.3, 0.4) is 0 Å². The zero-order valence-electron chi connectivity index (χ0n) is 21.7. The highest BCUT2D eigenvalue weighted by molar-refractivity contribution is 5.73. The number of aliphatic hydroxyl groups excluding tert-OH is 1. The zero-order valence-corrected chi connectivity index (χ0v) is 21.7. The number of aliphatic hydroxyl groups is 1. The number of carbonyl (C=O) groups is 1. The summed E-state index contributed by atoms with van der Waals surface area (Å²) in [4.78, 5) is 16.5.